The first kappa shape index (κ1) is 68.2. The quantitative estimate of drug-likeness (QED) is 0.0114. The monoisotopic (exact) mass is 1090 g/mol. The van der Waals surface area contributed by atoms with Crippen molar-refractivity contribution in [2.24, 2.45) is 5.92 Å². The molecule has 1 heterocycles. The van der Waals surface area contributed by atoms with E-state index in [-0.39, 0.29) is 47.6 Å². The van der Waals surface area contributed by atoms with Crippen LogP contribution in [-0.2, 0) is 33.6 Å². The van der Waals surface area contributed by atoms with E-state index in [0.717, 1.165) is 67.3 Å². The first-order valence-corrected chi connectivity index (χ1v) is 24.7. The summed E-state index contributed by atoms with van der Waals surface area (Å²) in [7, 11) is 0. The van der Waals surface area contributed by atoms with Crippen molar-refractivity contribution in [3.8, 4) is 34.6 Å². The van der Waals surface area contributed by atoms with Crippen LogP contribution in [0.2, 0.25) is 0 Å². The number of hydrogen-bond donors (Lipinski definition) is 9. The van der Waals surface area contributed by atoms with Crippen molar-refractivity contribution in [1.29, 1.82) is 5.26 Å². The minimum absolute atomic E-state index is 0.0690. The zero-order valence-electron chi connectivity index (χ0n) is 42.8. The van der Waals surface area contributed by atoms with Gasteiger partial charge >= 0.3 is 35.8 Å². The number of H-pyrrole nitrogens is 1. The molecule has 23 heteroatoms. The predicted molar refractivity (Wildman–Crippen MR) is 283 cm³/mol. The molecule has 0 amide bonds. The number of Topliss-reactive ketones (excluding diaryl/α,β-unsaturated/α-hetero) is 1. The van der Waals surface area contributed by atoms with Gasteiger partial charge in [-0.15, -0.1) is 0 Å². The van der Waals surface area contributed by atoms with E-state index < -0.39 is 59.6 Å². The molecular weight excluding hydrogens is 1030 g/mol. The lowest BCUT2D eigenvalue weighted by Gasteiger charge is -2.06. The molecule has 0 aliphatic carbocycles. The number of ether oxygens (including phenoxy) is 2. The van der Waals surface area contributed by atoms with Crippen molar-refractivity contribution < 1.29 is 88.7 Å². The van der Waals surface area contributed by atoms with Gasteiger partial charge in [0.25, 0.3) is 11.5 Å². The molecule has 0 spiro atoms. The number of aromatic nitrogens is 2. The number of fused-ring (bicyclic) bond motifs is 1. The number of aromatic amines is 1. The molecule has 1 aromatic heterocycles. The lowest BCUT2D eigenvalue weighted by Crippen LogP contribution is -2.12. The Bertz CT molecular complexity index is 2700. The molecule has 0 fully saturated rings. The number of nitrogens with zero attached hydrogens (tertiary/aromatic N) is 2. The van der Waals surface area contributed by atoms with Crippen molar-refractivity contribution in [3.63, 3.8) is 0 Å². The van der Waals surface area contributed by atoms with E-state index >= 15 is 0 Å². The van der Waals surface area contributed by atoms with Crippen molar-refractivity contribution in [1.82, 2.24) is 9.97 Å². The van der Waals surface area contributed by atoms with Gasteiger partial charge in [0, 0.05) is 31.7 Å². The van der Waals surface area contributed by atoms with E-state index in [9.17, 15) is 43.5 Å². The number of carbonyl (C=O) groups excluding carboxylic acids is 1. The molecule has 0 radical (unpaired) electrons. The summed E-state index contributed by atoms with van der Waals surface area (Å²) in [6, 6.07) is 30.7. The lowest BCUT2D eigenvalue weighted by molar-refractivity contribution is -0.141. The van der Waals surface area contributed by atoms with Crippen LogP contribution in [-0.4, -0.2) is 117 Å². The molecule has 0 aliphatic heterocycles. The van der Waals surface area contributed by atoms with E-state index in [1.54, 1.807) is 62.4 Å². The molecule has 4 aromatic carbocycles. The molecule has 9 N–H and O–H groups in total. The molecule has 0 unspecified atom stereocenters. The van der Waals surface area contributed by atoms with Crippen molar-refractivity contribution >= 4 is 70.1 Å². The number of aliphatic carboxylic acids is 7. The minimum Gasteiger partial charge on any atom is -0.494 e. The summed E-state index contributed by atoms with van der Waals surface area (Å²) < 4.78 is 10.7. The number of ketones is 1. The van der Waals surface area contributed by atoms with Crippen LogP contribution in [0.5, 0.6) is 17.4 Å². The highest BCUT2D eigenvalue weighted by atomic mass is 32.2. The van der Waals surface area contributed by atoms with Gasteiger partial charge in [-0.1, -0.05) is 118 Å². The van der Waals surface area contributed by atoms with Crippen LogP contribution in [0.15, 0.2) is 107 Å². The molecule has 416 valence electrons. The zero-order chi connectivity index (χ0) is 58.1. The van der Waals surface area contributed by atoms with Gasteiger partial charge in [0.1, 0.15) is 23.5 Å². The third-order valence-electron chi connectivity index (χ3n) is 9.45. The molecule has 0 saturated carbocycles. The van der Waals surface area contributed by atoms with Gasteiger partial charge < -0.3 is 55.3 Å². The third-order valence-corrected chi connectivity index (χ3v) is 10.3. The molecule has 0 aliphatic rings. The Morgan fingerprint density at radius 2 is 1.14 bits per heavy atom. The Morgan fingerprint density at radius 1 is 0.623 bits per heavy atom. The number of unbranched alkanes of at least 4 members (excludes halogenated alkanes) is 7. The number of nitrogens with one attached hydrogen (secondary N) is 1. The maximum Gasteiger partial charge on any atom is 0.341 e. The summed E-state index contributed by atoms with van der Waals surface area (Å²) in [5, 5.41) is 76.7. The summed E-state index contributed by atoms with van der Waals surface area (Å²) in [5.41, 5.74) is 0.816. The molecule has 0 atom stereocenters. The number of rotatable bonds is 25. The summed E-state index contributed by atoms with van der Waals surface area (Å²) >= 11 is 0.835. The molecule has 0 bridgehead atoms. The number of hydrogen-bond acceptors (Lipinski definition) is 15. The zero-order valence-corrected chi connectivity index (χ0v) is 43.6. The molecule has 77 heavy (non-hydrogen) atoms. The Hall–Kier alpha value is -8.78. The first-order chi connectivity index (χ1) is 36.4. The van der Waals surface area contributed by atoms with E-state index in [1.807, 2.05) is 48.5 Å². The molecular formula is C54H65N3O19S. The van der Waals surface area contributed by atoms with Gasteiger partial charge in [-0.2, -0.15) is 10.2 Å². The predicted octanol–water partition coefficient (Wildman–Crippen LogP) is 9.13. The number of nitriles is 1. The highest BCUT2D eigenvalue weighted by Gasteiger charge is 2.14. The van der Waals surface area contributed by atoms with Gasteiger partial charge in [0.05, 0.1) is 18.4 Å². The minimum atomic E-state index is -1.07. The molecule has 5 aromatic rings. The summed E-state index contributed by atoms with van der Waals surface area (Å²) in [4.78, 5) is 98.7. The average molecular weight is 1090 g/mol. The highest BCUT2D eigenvalue weighted by molar-refractivity contribution is 7.99. The Morgan fingerprint density at radius 3 is 1.61 bits per heavy atom. The maximum atomic E-state index is 11.9. The van der Waals surface area contributed by atoms with E-state index in [0.29, 0.717) is 29.9 Å². The average Bonchev–Trinajstić information content (AvgIpc) is 3.34. The number of benzene rings is 4. The van der Waals surface area contributed by atoms with Crippen LogP contribution in [0.3, 0.4) is 0 Å². The largest absolute Gasteiger partial charge is 0.494 e. The smallest absolute Gasteiger partial charge is 0.341 e. The fraction of sp³-hybridized carbons (Fsp3) is 0.352. The number of carboxylic acid groups (broad SMARTS) is 7. The van der Waals surface area contributed by atoms with Crippen LogP contribution in [0.1, 0.15) is 108 Å². The van der Waals surface area contributed by atoms with Gasteiger partial charge in [0.2, 0.25) is 5.88 Å². The topological polar surface area (TPSA) is 386 Å². The molecule has 5 rings (SSSR count). The van der Waals surface area contributed by atoms with E-state index in [1.165, 1.54) is 25.3 Å². The summed E-state index contributed by atoms with van der Waals surface area (Å²) in [5.74, 6) is -5.97. The Kier molecular flexibility index (Phi) is 36.0. The Labute approximate surface area is 448 Å². The lowest BCUT2D eigenvalue weighted by atomic mass is 10.1. The normalized spacial score (nSPS) is 9.75. The maximum absolute atomic E-state index is 11.9. The highest BCUT2D eigenvalue weighted by Crippen LogP contribution is 2.25. The SMILES string of the molecule is CC(=O)O.CC(=O)c1ccc(OCCCCCCCCCCC(=O)O)cc1.CC(CC(=O)O)CC(=O)O.N#CCC(=O)O.O=C(O)COc1ccc2ccccc2c1.O=C(O)CSc1nc(O)c(-c2ccccc2)c(=O)[nH]1. The number of carbonyl (C=O) groups is 8. The molecule has 22 nitrogen and oxygen atoms in total. The number of carboxylic acids is 7. The van der Waals surface area contributed by atoms with Crippen molar-refractivity contribution in [3.05, 3.63) is 113 Å². The first-order valence-electron chi connectivity index (χ1n) is 23.7. The summed E-state index contributed by atoms with van der Waals surface area (Å²) in [6.07, 6.45) is 8.47. The van der Waals surface area contributed by atoms with Crippen molar-refractivity contribution in [2.45, 2.75) is 103 Å². The van der Waals surface area contributed by atoms with E-state index in [2.05, 4.69) is 9.97 Å². The third kappa shape index (κ3) is 36.7. The number of aromatic hydroxyl groups is 1. The van der Waals surface area contributed by atoms with Crippen LogP contribution >= 0.6 is 11.8 Å². The Balaban J connectivity index is 0.000000969. The van der Waals surface area contributed by atoms with Crippen LogP contribution in [0, 0.1) is 17.2 Å². The van der Waals surface area contributed by atoms with E-state index in [4.69, 9.17) is 55.3 Å². The summed E-state index contributed by atoms with van der Waals surface area (Å²) in [6.45, 7) is 4.64. The standard InChI is InChI=1S/C19H28O4.C12H10N2O4S.C12H10O3.C6H10O4.C3H3NO2.C2H4O2/c1-16(20)17-11-13-18(14-12-17)23-15-9-7-5-3-2-4-6-8-10-19(21)22;15-8(16)6-19-12-13-10(17)9(11(18)14-12)7-4-2-1-3-5-7;13-12(14)8-15-11-6-5-9-3-1-2-4-10(9)7-11;1-4(2-5(7)8)3-6(9)10;4-2-1-3(5)6;1-2(3)4/h11-14H,2-10,15H2,1H3,(H,21,22);1-5H,6H2,(H,15,16)(H2,13,14,17,18);1-7H,8H2,(H,13,14);4H,2-3H2,1H3,(H,7,8)(H,9,10);1H2,(H,5,6);1H3,(H,3,4). The second-order valence-corrected chi connectivity index (χ2v) is 17.2. The van der Waals surface area contributed by atoms with Gasteiger partial charge in [-0.05, 0) is 78.4 Å². The van der Waals surface area contributed by atoms with Crippen molar-refractivity contribution in [2.75, 3.05) is 19.0 Å². The van der Waals surface area contributed by atoms with Gasteiger partial charge in [-0.25, -0.2) is 4.79 Å². The number of thioether (sulfide) groups is 1. The van der Waals surface area contributed by atoms with Gasteiger partial charge in [-0.3, -0.25) is 38.4 Å². The van der Waals surface area contributed by atoms with Gasteiger partial charge in [0.15, 0.2) is 17.5 Å². The second kappa shape index (κ2) is 40.6. The van der Waals surface area contributed by atoms with Crippen LogP contribution in [0.4, 0.5) is 0 Å². The second-order valence-electron chi connectivity index (χ2n) is 16.3. The molecule has 0 saturated heterocycles. The fourth-order valence-corrected chi connectivity index (χ4v) is 6.63. The van der Waals surface area contributed by atoms with Crippen LogP contribution < -0.4 is 15.0 Å². The van der Waals surface area contributed by atoms with Crippen LogP contribution in [0.25, 0.3) is 21.9 Å². The fourth-order valence-electron chi connectivity index (χ4n) is 6.06.